The maximum atomic E-state index is 13.3. The molecule has 0 rings (SSSR count). The number of ether oxygens (including phenoxy) is 2. The fourth-order valence-electron chi connectivity index (χ4n) is 1.07. The van der Waals surface area contributed by atoms with Crippen molar-refractivity contribution in [2.75, 3.05) is 13.2 Å². The van der Waals surface area contributed by atoms with Gasteiger partial charge >= 0.3 is 29.7 Å². The number of carbonyl (C=O) groups excluding carboxylic acids is 2. The topological polar surface area (TPSA) is 52.6 Å². The van der Waals surface area contributed by atoms with Crippen LogP contribution in [0.3, 0.4) is 0 Å². The lowest BCUT2D eigenvalue weighted by molar-refractivity contribution is -0.319. The number of alkyl halides is 6. The molecule has 0 aromatic rings. The third-order valence-corrected chi connectivity index (χ3v) is 2.31. The average molecular weight is 334 g/mol. The summed E-state index contributed by atoms with van der Waals surface area (Å²) in [4.78, 5) is 21.1. The van der Waals surface area contributed by atoms with Crippen molar-refractivity contribution < 1.29 is 45.4 Å². The lowest BCUT2D eigenvalue weighted by Gasteiger charge is -2.32. The molecular weight excluding hydrogens is 322 g/mol. The van der Waals surface area contributed by atoms with Crippen molar-refractivity contribution in [3.8, 4) is 0 Å². The van der Waals surface area contributed by atoms with Gasteiger partial charge in [0.2, 0.25) is 0 Å². The first-order chi connectivity index (χ1) is 9.91. The Morgan fingerprint density at radius 2 is 1.32 bits per heavy atom. The molecule has 0 aromatic carbocycles. The van der Waals surface area contributed by atoms with Gasteiger partial charge < -0.3 is 9.47 Å². The lowest BCUT2D eigenvalue weighted by atomic mass is 10.0. The summed E-state index contributed by atoms with van der Waals surface area (Å²) in [6, 6.07) is 0. The molecule has 0 radical (unpaired) electrons. The first-order valence-electron chi connectivity index (χ1n) is 5.63. The van der Waals surface area contributed by atoms with E-state index in [0.717, 1.165) is 0 Å². The molecular formula is C12H12F6O4. The average Bonchev–Trinajstić information content (AvgIpc) is 2.43. The van der Waals surface area contributed by atoms with E-state index in [1.165, 1.54) is 0 Å². The molecule has 0 aliphatic heterocycles. The molecule has 0 spiro atoms. The standard InChI is InChI=1S/C12H12F6O4/c1-3-8(19)21-6-5-10(13,14)12(17,18)11(15,16)7-22-9(20)4-2/h3-4H,1-2,5-7H2. The normalized spacial score (nSPS) is 12.5. The van der Waals surface area contributed by atoms with Crippen LogP contribution in [0.1, 0.15) is 6.42 Å². The number of carbonyl (C=O) groups is 2. The monoisotopic (exact) mass is 334 g/mol. The predicted octanol–water partition coefficient (Wildman–Crippen LogP) is 2.74. The second kappa shape index (κ2) is 7.32. The molecule has 22 heavy (non-hydrogen) atoms. The molecule has 0 aliphatic carbocycles. The Morgan fingerprint density at radius 3 is 1.77 bits per heavy atom. The molecule has 10 heteroatoms. The quantitative estimate of drug-likeness (QED) is 0.370. The van der Waals surface area contributed by atoms with Gasteiger partial charge in [-0.15, -0.1) is 0 Å². The van der Waals surface area contributed by atoms with Gasteiger partial charge in [0.05, 0.1) is 13.0 Å². The van der Waals surface area contributed by atoms with Crippen LogP contribution in [-0.4, -0.2) is 42.9 Å². The summed E-state index contributed by atoms with van der Waals surface area (Å²) in [5.41, 5.74) is 0. The van der Waals surface area contributed by atoms with Gasteiger partial charge in [-0.25, -0.2) is 9.59 Å². The Hall–Kier alpha value is -2.00. The van der Waals surface area contributed by atoms with Crippen LogP contribution in [0.25, 0.3) is 0 Å². The minimum atomic E-state index is -5.83. The minimum absolute atomic E-state index is 0.404. The van der Waals surface area contributed by atoms with E-state index in [9.17, 15) is 35.9 Å². The summed E-state index contributed by atoms with van der Waals surface area (Å²) in [5, 5.41) is 0. The fraction of sp³-hybridized carbons (Fsp3) is 0.500. The van der Waals surface area contributed by atoms with E-state index >= 15 is 0 Å². The third kappa shape index (κ3) is 4.78. The van der Waals surface area contributed by atoms with Crippen molar-refractivity contribution in [3.05, 3.63) is 25.3 Å². The van der Waals surface area contributed by atoms with Crippen molar-refractivity contribution >= 4 is 11.9 Å². The number of hydrogen-bond donors (Lipinski definition) is 0. The number of rotatable bonds is 9. The summed E-state index contributed by atoms with van der Waals surface area (Å²) >= 11 is 0. The van der Waals surface area contributed by atoms with Crippen LogP contribution in [-0.2, 0) is 19.1 Å². The Kier molecular flexibility index (Phi) is 6.65. The Labute approximate surface area is 121 Å². The summed E-state index contributed by atoms with van der Waals surface area (Å²) < 4.78 is 87.1. The highest BCUT2D eigenvalue weighted by atomic mass is 19.3. The van der Waals surface area contributed by atoms with E-state index in [4.69, 9.17) is 0 Å². The molecule has 0 aromatic heterocycles. The van der Waals surface area contributed by atoms with Gasteiger partial charge in [0.15, 0.2) is 6.61 Å². The summed E-state index contributed by atoms with van der Waals surface area (Å²) in [6.07, 6.45) is -0.870. The van der Waals surface area contributed by atoms with Crippen LogP contribution in [0.5, 0.6) is 0 Å². The minimum Gasteiger partial charge on any atom is -0.462 e. The van der Waals surface area contributed by atoms with Gasteiger partial charge in [-0.3, -0.25) is 0 Å². The maximum Gasteiger partial charge on any atom is 0.375 e. The Bertz CT molecular complexity index is 447. The van der Waals surface area contributed by atoms with E-state index in [2.05, 4.69) is 22.6 Å². The van der Waals surface area contributed by atoms with Gasteiger partial charge in [0.25, 0.3) is 0 Å². The molecule has 0 aliphatic rings. The van der Waals surface area contributed by atoms with Crippen molar-refractivity contribution in [2.45, 2.75) is 24.2 Å². The third-order valence-electron chi connectivity index (χ3n) is 2.31. The van der Waals surface area contributed by atoms with Crippen molar-refractivity contribution in [3.63, 3.8) is 0 Å². The maximum absolute atomic E-state index is 13.3. The Balaban J connectivity index is 4.90. The van der Waals surface area contributed by atoms with Crippen LogP contribution in [0.15, 0.2) is 25.3 Å². The molecule has 126 valence electrons. The van der Waals surface area contributed by atoms with Crippen LogP contribution in [0, 0.1) is 0 Å². The zero-order valence-corrected chi connectivity index (χ0v) is 11.1. The number of esters is 2. The predicted molar refractivity (Wildman–Crippen MR) is 61.8 cm³/mol. The molecule has 0 amide bonds. The molecule has 0 saturated carbocycles. The number of halogens is 6. The van der Waals surface area contributed by atoms with Crippen molar-refractivity contribution in [1.82, 2.24) is 0 Å². The summed E-state index contributed by atoms with van der Waals surface area (Å²) in [6.45, 7) is 2.27. The molecule has 0 heterocycles. The second-order valence-corrected chi connectivity index (χ2v) is 3.92. The molecule has 0 bridgehead atoms. The smallest absolute Gasteiger partial charge is 0.375 e. The van der Waals surface area contributed by atoms with Crippen LogP contribution < -0.4 is 0 Å². The fourth-order valence-corrected chi connectivity index (χ4v) is 1.07. The van der Waals surface area contributed by atoms with Crippen molar-refractivity contribution in [2.24, 2.45) is 0 Å². The van der Waals surface area contributed by atoms with Crippen LogP contribution in [0.2, 0.25) is 0 Å². The summed E-state index contributed by atoms with van der Waals surface area (Å²) in [5.74, 6) is -19.0. The highest BCUT2D eigenvalue weighted by Gasteiger charge is 2.71. The molecule has 0 saturated heterocycles. The van der Waals surface area contributed by atoms with E-state index in [1.54, 1.807) is 0 Å². The van der Waals surface area contributed by atoms with E-state index in [0.29, 0.717) is 12.2 Å². The molecule has 0 N–H and O–H groups in total. The van der Waals surface area contributed by atoms with Crippen molar-refractivity contribution in [1.29, 1.82) is 0 Å². The second-order valence-electron chi connectivity index (χ2n) is 3.92. The van der Waals surface area contributed by atoms with Gasteiger partial charge in [-0.05, 0) is 0 Å². The SMILES string of the molecule is C=CC(=O)OCCC(F)(F)C(F)(F)C(F)(F)COC(=O)C=C. The van der Waals surface area contributed by atoms with Gasteiger partial charge in [-0.1, -0.05) is 13.2 Å². The zero-order chi connectivity index (χ0) is 17.6. The number of hydrogen-bond acceptors (Lipinski definition) is 4. The largest absolute Gasteiger partial charge is 0.462 e. The lowest BCUT2D eigenvalue weighted by Crippen LogP contribution is -2.56. The van der Waals surface area contributed by atoms with Gasteiger partial charge in [0, 0.05) is 12.2 Å². The Morgan fingerprint density at radius 1 is 0.864 bits per heavy atom. The van der Waals surface area contributed by atoms with E-state index in [1.807, 2.05) is 0 Å². The highest BCUT2D eigenvalue weighted by molar-refractivity contribution is 5.81. The highest BCUT2D eigenvalue weighted by Crippen LogP contribution is 2.47. The van der Waals surface area contributed by atoms with E-state index in [-0.39, 0.29) is 0 Å². The van der Waals surface area contributed by atoms with Crippen LogP contribution in [0.4, 0.5) is 26.3 Å². The zero-order valence-electron chi connectivity index (χ0n) is 11.1. The van der Waals surface area contributed by atoms with Gasteiger partial charge in [-0.2, -0.15) is 26.3 Å². The first-order valence-corrected chi connectivity index (χ1v) is 5.63. The van der Waals surface area contributed by atoms with Crippen LogP contribution >= 0.6 is 0 Å². The molecule has 4 nitrogen and oxygen atoms in total. The molecule has 0 atom stereocenters. The molecule has 0 unspecified atom stereocenters. The van der Waals surface area contributed by atoms with Gasteiger partial charge in [0.1, 0.15) is 0 Å². The first kappa shape index (κ1) is 20.0. The van der Waals surface area contributed by atoms with E-state index < -0.39 is 49.3 Å². The molecule has 0 fully saturated rings. The summed E-state index contributed by atoms with van der Waals surface area (Å²) in [7, 11) is 0.